The second-order valence-electron chi connectivity index (χ2n) is 4.22. The number of hydrogen-bond donors (Lipinski definition) is 1. The van der Waals surface area contributed by atoms with Crippen LogP contribution in [0, 0.1) is 6.92 Å². The third-order valence-electron chi connectivity index (χ3n) is 2.85. The van der Waals surface area contributed by atoms with Crippen molar-refractivity contribution in [2.75, 3.05) is 17.7 Å². The molecular weight excluding hydrogens is 262 g/mol. The summed E-state index contributed by atoms with van der Waals surface area (Å²) in [5.74, 6) is -0.0162. The van der Waals surface area contributed by atoms with Crippen LogP contribution in [0.4, 0.5) is 11.5 Å². The molecule has 0 unspecified atom stereocenters. The van der Waals surface area contributed by atoms with Crippen molar-refractivity contribution in [2.45, 2.75) is 6.92 Å². The molecule has 1 heterocycles. The lowest BCUT2D eigenvalue weighted by Gasteiger charge is -2.19. The van der Waals surface area contributed by atoms with Crippen LogP contribution in [0.3, 0.4) is 0 Å². The molecule has 2 aromatic rings. The molecule has 0 saturated carbocycles. The minimum Gasteiger partial charge on any atom is -0.384 e. The fourth-order valence-corrected chi connectivity index (χ4v) is 2.00. The van der Waals surface area contributed by atoms with Crippen LogP contribution in [0.1, 0.15) is 16.1 Å². The summed E-state index contributed by atoms with van der Waals surface area (Å²) in [7, 11) is 1.69. The Hall–Kier alpha value is -2.07. The Balaban J connectivity index is 2.39. The second kappa shape index (κ2) is 5.28. The van der Waals surface area contributed by atoms with E-state index >= 15 is 0 Å². The van der Waals surface area contributed by atoms with Crippen molar-refractivity contribution in [2.24, 2.45) is 0 Å². The number of carbonyl (C=O) groups is 1. The molecule has 0 aliphatic heterocycles. The molecule has 0 fully saturated rings. The third kappa shape index (κ3) is 2.69. The highest BCUT2D eigenvalue weighted by atomic mass is 35.5. The van der Waals surface area contributed by atoms with Gasteiger partial charge in [-0.2, -0.15) is 0 Å². The predicted octanol–water partition coefficient (Wildman–Crippen LogP) is 2.90. The average Bonchev–Trinajstić information content (AvgIpc) is 2.40. The quantitative estimate of drug-likeness (QED) is 0.917. The first kappa shape index (κ1) is 13.4. The monoisotopic (exact) mass is 275 g/mol. The number of anilines is 2. The predicted molar refractivity (Wildman–Crippen MR) is 77.6 cm³/mol. The first-order valence-corrected chi connectivity index (χ1v) is 6.14. The molecule has 1 aromatic heterocycles. The van der Waals surface area contributed by atoms with Gasteiger partial charge in [0.25, 0.3) is 5.91 Å². The molecule has 0 aliphatic carbocycles. The largest absolute Gasteiger partial charge is 0.384 e. The zero-order chi connectivity index (χ0) is 14.0. The second-order valence-corrected chi connectivity index (χ2v) is 4.62. The van der Waals surface area contributed by atoms with Crippen LogP contribution in [0.15, 0.2) is 36.4 Å². The number of nitrogen functional groups attached to an aromatic ring is 1. The fraction of sp³-hybridized carbons (Fsp3) is 0.143. The first-order chi connectivity index (χ1) is 9.00. The Labute approximate surface area is 116 Å². The smallest absolute Gasteiger partial charge is 0.278 e. The van der Waals surface area contributed by atoms with E-state index in [-0.39, 0.29) is 17.4 Å². The van der Waals surface area contributed by atoms with E-state index in [1.165, 1.54) is 4.90 Å². The van der Waals surface area contributed by atoms with E-state index in [1.54, 1.807) is 19.2 Å². The molecule has 2 rings (SSSR count). The van der Waals surface area contributed by atoms with Gasteiger partial charge in [0.2, 0.25) is 0 Å². The number of aryl methyl sites for hydroxylation is 1. The molecule has 0 atom stereocenters. The highest BCUT2D eigenvalue weighted by Crippen LogP contribution is 2.22. The molecule has 2 N–H and O–H groups in total. The number of rotatable bonds is 2. The lowest BCUT2D eigenvalue weighted by Crippen LogP contribution is -2.28. The Morgan fingerprint density at radius 3 is 2.63 bits per heavy atom. The number of carbonyl (C=O) groups excluding carboxylic acids is 1. The number of para-hydroxylation sites is 1. The number of amides is 1. The summed E-state index contributed by atoms with van der Waals surface area (Å²) >= 11 is 6.00. The van der Waals surface area contributed by atoms with Gasteiger partial charge < -0.3 is 10.6 Å². The summed E-state index contributed by atoms with van der Waals surface area (Å²) in [6.07, 6.45) is 0. The maximum absolute atomic E-state index is 12.4. The van der Waals surface area contributed by atoms with E-state index in [1.807, 2.05) is 31.2 Å². The van der Waals surface area contributed by atoms with Crippen LogP contribution in [-0.4, -0.2) is 17.9 Å². The Kier molecular flexibility index (Phi) is 3.71. The Morgan fingerprint density at radius 1 is 1.26 bits per heavy atom. The van der Waals surface area contributed by atoms with E-state index in [9.17, 15) is 4.79 Å². The summed E-state index contributed by atoms with van der Waals surface area (Å²) in [4.78, 5) is 17.9. The normalized spacial score (nSPS) is 10.3. The van der Waals surface area contributed by atoms with Gasteiger partial charge in [-0.25, -0.2) is 4.98 Å². The Bertz CT molecular complexity index is 628. The van der Waals surface area contributed by atoms with E-state index in [4.69, 9.17) is 17.3 Å². The molecule has 98 valence electrons. The van der Waals surface area contributed by atoms with Crippen LogP contribution in [0.2, 0.25) is 5.02 Å². The molecule has 0 spiro atoms. The molecule has 19 heavy (non-hydrogen) atoms. The van der Waals surface area contributed by atoms with E-state index in [2.05, 4.69) is 4.98 Å². The maximum atomic E-state index is 12.4. The van der Waals surface area contributed by atoms with Gasteiger partial charge in [-0.15, -0.1) is 0 Å². The number of nitrogens with two attached hydrogens (primary N) is 1. The minimum absolute atomic E-state index is 0.160. The molecule has 4 nitrogen and oxygen atoms in total. The van der Waals surface area contributed by atoms with Crippen LogP contribution in [0.5, 0.6) is 0 Å². The topological polar surface area (TPSA) is 59.2 Å². The maximum Gasteiger partial charge on any atom is 0.278 e. The van der Waals surface area contributed by atoms with Gasteiger partial charge in [0.1, 0.15) is 11.5 Å². The zero-order valence-electron chi connectivity index (χ0n) is 10.7. The number of aromatic nitrogens is 1. The highest BCUT2D eigenvalue weighted by molar-refractivity contribution is 6.34. The van der Waals surface area contributed by atoms with Crippen molar-refractivity contribution in [3.63, 3.8) is 0 Å². The first-order valence-electron chi connectivity index (χ1n) is 5.76. The molecule has 0 aliphatic rings. The summed E-state index contributed by atoms with van der Waals surface area (Å²) in [5.41, 5.74) is 7.56. The van der Waals surface area contributed by atoms with Gasteiger partial charge in [0, 0.05) is 12.7 Å². The van der Waals surface area contributed by atoms with Gasteiger partial charge >= 0.3 is 0 Å². The van der Waals surface area contributed by atoms with Gasteiger partial charge in [0.15, 0.2) is 0 Å². The number of nitrogens with zero attached hydrogens (tertiary/aromatic N) is 2. The number of benzene rings is 1. The summed E-state index contributed by atoms with van der Waals surface area (Å²) in [6, 6.07) is 10.7. The molecule has 0 bridgehead atoms. The third-order valence-corrected chi connectivity index (χ3v) is 3.16. The molecule has 0 saturated heterocycles. The van der Waals surface area contributed by atoms with E-state index in [0.29, 0.717) is 5.02 Å². The standard InChI is InChI=1S/C14H14ClN3O/c1-9-5-3-4-6-11(9)18(2)14(19)13-10(15)7-8-12(16)17-13/h3-8H,1-2H3,(H2,16,17). The van der Waals surface area contributed by atoms with Crippen molar-refractivity contribution in [3.05, 3.63) is 52.7 Å². The van der Waals surface area contributed by atoms with Gasteiger partial charge in [0.05, 0.1) is 5.02 Å². The van der Waals surface area contributed by atoms with Crippen molar-refractivity contribution >= 4 is 29.0 Å². The van der Waals surface area contributed by atoms with Crippen LogP contribution in [-0.2, 0) is 0 Å². The zero-order valence-corrected chi connectivity index (χ0v) is 11.5. The van der Waals surface area contributed by atoms with Crippen molar-refractivity contribution in [1.82, 2.24) is 4.98 Å². The van der Waals surface area contributed by atoms with E-state index in [0.717, 1.165) is 11.3 Å². The molecule has 0 radical (unpaired) electrons. The fourth-order valence-electron chi connectivity index (χ4n) is 1.82. The van der Waals surface area contributed by atoms with Crippen LogP contribution in [0.25, 0.3) is 0 Å². The van der Waals surface area contributed by atoms with Gasteiger partial charge in [-0.05, 0) is 30.7 Å². The van der Waals surface area contributed by atoms with Crippen molar-refractivity contribution in [3.8, 4) is 0 Å². The van der Waals surface area contributed by atoms with Crippen LogP contribution < -0.4 is 10.6 Å². The number of pyridine rings is 1. The molecule has 1 aromatic carbocycles. The lowest BCUT2D eigenvalue weighted by atomic mass is 10.2. The SMILES string of the molecule is Cc1ccccc1N(C)C(=O)c1nc(N)ccc1Cl. The minimum atomic E-state index is -0.286. The van der Waals surface area contributed by atoms with Crippen molar-refractivity contribution in [1.29, 1.82) is 0 Å². The molecular formula is C14H14ClN3O. The van der Waals surface area contributed by atoms with Crippen LogP contribution >= 0.6 is 11.6 Å². The summed E-state index contributed by atoms with van der Waals surface area (Å²) in [5, 5.41) is 0.291. The lowest BCUT2D eigenvalue weighted by molar-refractivity contribution is 0.0988. The number of hydrogen-bond acceptors (Lipinski definition) is 3. The Morgan fingerprint density at radius 2 is 1.95 bits per heavy atom. The van der Waals surface area contributed by atoms with Gasteiger partial charge in [-0.1, -0.05) is 29.8 Å². The summed E-state index contributed by atoms with van der Waals surface area (Å²) < 4.78 is 0. The molecule has 1 amide bonds. The average molecular weight is 276 g/mol. The van der Waals surface area contributed by atoms with E-state index < -0.39 is 0 Å². The van der Waals surface area contributed by atoms with Gasteiger partial charge in [-0.3, -0.25) is 4.79 Å². The highest BCUT2D eigenvalue weighted by Gasteiger charge is 2.19. The molecule has 5 heteroatoms. The summed E-state index contributed by atoms with van der Waals surface area (Å²) in [6.45, 7) is 1.94. The van der Waals surface area contributed by atoms with Crippen molar-refractivity contribution < 1.29 is 4.79 Å². The number of halogens is 1.